The summed E-state index contributed by atoms with van der Waals surface area (Å²) >= 11 is 0. The standard InChI is InChI=1S/C21H25N3O2/c25-21(22-19-7-2-1-3-8-19)18-6-4-5-17(13-18)14-23-9-10-24-11-12-26-16-20(24)15-23/h1-8,13,20H,9-12,14-16H2,(H,22,25)/t20-/m0/s1. The van der Waals surface area contributed by atoms with Crippen molar-refractivity contribution in [3.63, 3.8) is 0 Å². The molecule has 0 radical (unpaired) electrons. The number of para-hydroxylation sites is 1. The summed E-state index contributed by atoms with van der Waals surface area (Å²) in [4.78, 5) is 17.5. The number of nitrogens with one attached hydrogen (secondary N) is 1. The van der Waals surface area contributed by atoms with Crippen LogP contribution in [-0.2, 0) is 11.3 Å². The van der Waals surface area contributed by atoms with Gasteiger partial charge in [0.05, 0.1) is 13.2 Å². The largest absolute Gasteiger partial charge is 0.378 e. The molecule has 0 spiro atoms. The van der Waals surface area contributed by atoms with Crippen molar-refractivity contribution in [2.24, 2.45) is 0 Å². The quantitative estimate of drug-likeness (QED) is 0.919. The minimum Gasteiger partial charge on any atom is -0.378 e. The third kappa shape index (κ3) is 4.12. The minimum atomic E-state index is -0.0662. The summed E-state index contributed by atoms with van der Waals surface area (Å²) in [6.45, 7) is 6.80. The molecule has 0 bridgehead atoms. The first-order valence-corrected chi connectivity index (χ1v) is 9.27. The number of hydrogen-bond acceptors (Lipinski definition) is 4. The maximum Gasteiger partial charge on any atom is 0.255 e. The zero-order valence-corrected chi connectivity index (χ0v) is 14.9. The van der Waals surface area contributed by atoms with Crippen LogP contribution in [0, 0.1) is 0 Å². The molecule has 136 valence electrons. The second-order valence-electron chi connectivity index (χ2n) is 7.02. The monoisotopic (exact) mass is 351 g/mol. The first kappa shape index (κ1) is 17.2. The molecular formula is C21H25N3O2. The van der Waals surface area contributed by atoms with Gasteiger partial charge in [-0.25, -0.2) is 0 Å². The van der Waals surface area contributed by atoms with E-state index < -0.39 is 0 Å². The van der Waals surface area contributed by atoms with Gasteiger partial charge in [0.25, 0.3) is 5.91 Å². The maximum atomic E-state index is 12.5. The van der Waals surface area contributed by atoms with E-state index in [2.05, 4.69) is 21.2 Å². The number of ether oxygens (including phenoxy) is 1. The molecule has 0 saturated carbocycles. The van der Waals surface area contributed by atoms with E-state index in [0.717, 1.165) is 51.6 Å². The highest BCUT2D eigenvalue weighted by atomic mass is 16.5. The molecule has 5 nitrogen and oxygen atoms in total. The molecule has 2 heterocycles. The smallest absolute Gasteiger partial charge is 0.255 e. The Labute approximate surface area is 154 Å². The molecule has 1 atom stereocenters. The molecule has 2 aromatic carbocycles. The van der Waals surface area contributed by atoms with Gasteiger partial charge >= 0.3 is 0 Å². The highest BCUT2D eigenvalue weighted by Crippen LogP contribution is 2.17. The van der Waals surface area contributed by atoms with Crippen molar-refractivity contribution in [3.05, 3.63) is 65.7 Å². The first-order chi connectivity index (χ1) is 12.8. The van der Waals surface area contributed by atoms with Gasteiger partial charge in [0.15, 0.2) is 0 Å². The molecule has 1 N–H and O–H groups in total. The Bertz CT molecular complexity index is 750. The summed E-state index contributed by atoms with van der Waals surface area (Å²) in [5.41, 5.74) is 2.69. The maximum absolute atomic E-state index is 12.5. The van der Waals surface area contributed by atoms with E-state index in [1.807, 2.05) is 48.5 Å². The van der Waals surface area contributed by atoms with E-state index in [9.17, 15) is 4.79 Å². The van der Waals surface area contributed by atoms with E-state index in [1.165, 1.54) is 5.56 Å². The van der Waals surface area contributed by atoms with Crippen LogP contribution in [0.15, 0.2) is 54.6 Å². The number of rotatable bonds is 4. The Balaban J connectivity index is 1.39. The van der Waals surface area contributed by atoms with Crippen molar-refractivity contribution in [2.75, 3.05) is 44.7 Å². The van der Waals surface area contributed by atoms with Gasteiger partial charge in [0.2, 0.25) is 0 Å². The lowest BCUT2D eigenvalue weighted by Crippen LogP contribution is -2.57. The number of piperazine rings is 1. The van der Waals surface area contributed by atoms with Gasteiger partial charge in [-0.3, -0.25) is 14.6 Å². The van der Waals surface area contributed by atoms with Crippen LogP contribution in [-0.4, -0.2) is 61.1 Å². The summed E-state index contributed by atoms with van der Waals surface area (Å²) < 4.78 is 5.62. The van der Waals surface area contributed by atoms with E-state index in [-0.39, 0.29) is 5.91 Å². The molecule has 2 fully saturated rings. The predicted octanol–water partition coefficient (Wildman–Crippen LogP) is 2.46. The number of carbonyl (C=O) groups is 1. The van der Waals surface area contributed by atoms with Gasteiger partial charge in [-0.1, -0.05) is 30.3 Å². The molecule has 2 aliphatic heterocycles. The fourth-order valence-electron chi connectivity index (χ4n) is 3.75. The van der Waals surface area contributed by atoms with E-state index in [4.69, 9.17) is 4.74 Å². The predicted molar refractivity (Wildman–Crippen MR) is 102 cm³/mol. The Morgan fingerprint density at radius 3 is 2.85 bits per heavy atom. The van der Waals surface area contributed by atoms with Crippen molar-refractivity contribution in [1.82, 2.24) is 9.80 Å². The van der Waals surface area contributed by atoms with Crippen LogP contribution in [0.2, 0.25) is 0 Å². The number of anilines is 1. The lowest BCUT2D eigenvalue weighted by molar-refractivity contribution is -0.0461. The molecule has 1 amide bonds. The van der Waals surface area contributed by atoms with Crippen LogP contribution in [0.4, 0.5) is 5.69 Å². The lowest BCUT2D eigenvalue weighted by atomic mass is 10.1. The average Bonchev–Trinajstić information content (AvgIpc) is 2.69. The zero-order valence-electron chi connectivity index (χ0n) is 14.9. The number of carbonyl (C=O) groups excluding carboxylic acids is 1. The normalized spacial score (nSPS) is 21.2. The lowest BCUT2D eigenvalue weighted by Gasteiger charge is -2.43. The highest BCUT2D eigenvalue weighted by molar-refractivity contribution is 6.04. The van der Waals surface area contributed by atoms with Gasteiger partial charge in [0.1, 0.15) is 0 Å². The SMILES string of the molecule is O=C(Nc1ccccc1)c1cccc(CN2CCN3CCOC[C@@H]3C2)c1. The van der Waals surface area contributed by atoms with Crippen LogP contribution < -0.4 is 5.32 Å². The summed E-state index contributed by atoms with van der Waals surface area (Å²) in [5, 5.41) is 2.95. The van der Waals surface area contributed by atoms with E-state index in [0.29, 0.717) is 11.6 Å². The minimum absolute atomic E-state index is 0.0662. The van der Waals surface area contributed by atoms with Crippen molar-refractivity contribution < 1.29 is 9.53 Å². The van der Waals surface area contributed by atoms with Crippen LogP contribution >= 0.6 is 0 Å². The van der Waals surface area contributed by atoms with Gasteiger partial charge in [0, 0.05) is 50.0 Å². The van der Waals surface area contributed by atoms with Gasteiger partial charge in [-0.05, 0) is 29.8 Å². The molecule has 4 rings (SSSR count). The van der Waals surface area contributed by atoms with E-state index >= 15 is 0 Å². The second kappa shape index (κ2) is 7.99. The summed E-state index contributed by atoms with van der Waals surface area (Å²) in [7, 11) is 0. The molecule has 0 aliphatic carbocycles. The Morgan fingerprint density at radius 1 is 1.08 bits per heavy atom. The van der Waals surface area contributed by atoms with Gasteiger partial charge in [-0.15, -0.1) is 0 Å². The third-order valence-corrected chi connectivity index (χ3v) is 5.15. The van der Waals surface area contributed by atoms with Crippen molar-refractivity contribution in [3.8, 4) is 0 Å². The molecule has 26 heavy (non-hydrogen) atoms. The molecule has 5 heteroatoms. The highest BCUT2D eigenvalue weighted by Gasteiger charge is 2.29. The van der Waals surface area contributed by atoms with Gasteiger partial charge in [-0.2, -0.15) is 0 Å². The Kier molecular flexibility index (Phi) is 5.29. The average molecular weight is 351 g/mol. The molecule has 0 aromatic heterocycles. The van der Waals surface area contributed by atoms with Crippen LogP contribution in [0.1, 0.15) is 15.9 Å². The number of fused-ring (bicyclic) bond motifs is 1. The molecule has 2 aromatic rings. The number of benzene rings is 2. The number of nitrogens with zero attached hydrogens (tertiary/aromatic N) is 2. The summed E-state index contributed by atoms with van der Waals surface area (Å²) in [6.07, 6.45) is 0. The van der Waals surface area contributed by atoms with E-state index in [1.54, 1.807) is 0 Å². The fraction of sp³-hybridized carbons (Fsp3) is 0.381. The zero-order chi connectivity index (χ0) is 17.8. The number of amides is 1. The summed E-state index contributed by atoms with van der Waals surface area (Å²) in [6, 6.07) is 18.0. The van der Waals surface area contributed by atoms with Crippen LogP contribution in [0.5, 0.6) is 0 Å². The van der Waals surface area contributed by atoms with Gasteiger partial charge < -0.3 is 10.1 Å². The Morgan fingerprint density at radius 2 is 1.96 bits per heavy atom. The first-order valence-electron chi connectivity index (χ1n) is 9.27. The Hall–Kier alpha value is -2.21. The number of hydrogen-bond donors (Lipinski definition) is 1. The van der Waals surface area contributed by atoms with Crippen LogP contribution in [0.25, 0.3) is 0 Å². The topological polar surface area (TPSA) is 44.8 Å². The molecule has 0 unspecified atom stereocenters. The fourth-order valence-corrected chi connectivity index (χ4v) is 3.75. The van der Waals surface area contributed by atoms with Crippen molar-refractivity contribution in [2.45, 2.75) is 12.6 Å². The molecule has 2 aliphatic rings. The second-order valence-corrected chi connectivity index (χ2v) is 7.02. The van der Waals surface area contributed by atoms with Crippen molar-refractivity contribution >= 4 is 11.6 Å². The van der Waals surface area contributed by atoms with Crippen molar-refractivity contribution in [1.29, 1.82) is 0 Å². The molecule has 2 saturated heterocycles. The number of morpholine rings is 1. The molecular weight excluding hydrogens is 326 g/mol. The third-order valence-electron chi connectivity index (χ3n) is 5.15. The van der Waals surface area contributed by atoms with Crippen LogP contribution in [0.3, 0.4) is 0 Å². The summed E-state index contributed by atoms with van der Waals surface area (Å²) in [5.74, 6) is -0.0662.